The van der Waals surface area contributed by atoms with Crippen LogP contribution in [0.4, 0.5) is 5.69 Å². The number of para-hydroxylation sites is 1. The van der Waals surface area contributed by atoms with Crippen LogP contribution in [-0.2, 0) is 9.54 Å². The smallest absolute Gasteiger partial charge is 0.269 e. The monoisotopic (exact) mass is 297 g/mol. The zero-order valence-corrected chi connectivity index (χ0v) is 12.6. The second kappa shape index (κ2) is 5.33. The second-order valence-electron chi connectivity index (χ2n) is 5.03. The number of rotatable bonds is 2. The maximum absolute atomic E-state index is 12.3. The molecule has 1 aromatic heterocycles. The summed E-state index contributed by atoms with van der Waals surface area (Å²) >= 11 is 1.44. The lowest BCUT2D eigenvalue weighted by Gasteiger charge is -2.20. The number of carbonyl (C=O) groups is 1. The van der Waals surface area contributed by atoms with Gasteiger partial charge in [-0.1, -0.05) is 30.0 Å². The fraction of sp³-hybridized carbons (Fsp3) is 0.188. The van der Waals surface area contributed by atoms with Crippen LogP contribution in [0.3, 0.4) is 0 Å². The van der Waals surface area contributed by atoms with E-state index in [0.29, 0.717) is 5.17 Å². The van der Waals surface area contributed by atoms with Gasteiger partial charge in [-0.2, -0.15) is 4.99 Å². The predicted octanol–water partition coefficient (Wildman–Crippen LogP) is 3.35. The number of hydrogen-bond donors (Lipinski definition) is 1. The molecule has 1 aromatic carbocycles. The van der Waals surface area contributed by atoms with Crippen LogP contribution in [0.25, 0.3) is 0 Å². The van der Waals surface area contributed by atoms with E-state index in [1.54, 1.807) is 12.4 Å². The molecule has 1 atom stereocenters. The van der Waals surface area contributed by atoms with Gasteiger partial charge in [0.2, 0.25) is 0 Å². The highest BCUT2D eigenvalue weighted by molar-refractivity contribution is 8.16. The zero-order chi connectivity index (χ0) is 14.9. The van der Waals surface area contributed by atoms with Crippen molar-refractivity contribution in [2.75, 3.05) is 5.32 Å². The Labute approximate surface area is 127 Å². The molecule has 0 saturated carbocycles. The van der Waals surface area contributed by atoms with E-state index in [-0.39, 0.29) is 5.91 Å². The molecule has 1 unspecified atom stereocenters. The summed E-state index contributed by atoms with van der Waals surface area (Å²) in [5.74, 6) is -0.144. The lowest BCUT2D eigenvalue weighted by atomic mass is 10.0. The van der Waals surface area contributed by atoms with Crippen LogP contribution in [-0.4, -0.2) is 16.1 Å². The Hall–Kier alpha value is -2.14. The molecular formula is C16H15N3OS. The summed E-state index contributed by atoms with van der Waals surface area (Å²) in [5.41, 5.74) is 3.00. The van der Waals surface area contributed by atoms with Crippen molar-refractivity contribution in [3.8, 4) is 0 Å². The molecule has 0 fully saturated rings. The molecule has 0 bridgehead atoms. The van der Waals surface area contributed by atoms with Gasteiger partial charge in [-0.25, -0.2) is 0 Å². The maximum atomic E-state index is 12.3. The molecule has 21 heavy (non-hydrogen) atoms. The third-order valence-corrected chi connectivity index (χ3v) is 4.74. The number of anilines is 1. The fourth-order valence-electron chi connectivity index (χ4n) is 2.19. The molecule has 2 heterocycles. The molecule has 4 nitrogen and oxygen atoms in total. The van der Waals surface area contributed by atoms with E-state index in [9.17, 15) is 4.79 Å². The number of nitrogens with one attached hydrogen (secondary N) is 1. The zero-order valence-electron chi connectivity index (χ0n) is 11.8. The molecule has 1 aliphatic heterocycles. The number of hydrogen-bond acceptors (Lipinski definition) is 4. The van der Waals surface area contributed by atoms with Crippen LogP contribution >= 0.6 is 11.8 Å². The number of amidine groups is 1. The third kappa shape index (κ3) is 2.56. The van der Waals surface area contributed by atoms with Crippen molar-refractivity contribution in [2.24, 2.45) is 4.99 Å². The van der Waals surface area contributed by atoms with E-state index in [0.717, 1.165) is 16.8 Å². The summed E-state index contributed by atoms with van der Waals surface area (Å²) in [7, 11) is 0. The van der Waals surface area contributed by atoms with Crippen molar-refractivity contribution in [1.29, 1.82) is 0 Å². The topological polar surface area (TPSA) is 54.4 Å². The van der Waals surface area contributed by atoms with Crippen molar-refractivity contribution >= 4 is 28.5 Å². The number of aromatic nitrogens is 1. The number of nitrogens with zero attached hydrogens (tertiary/aromatic N) is 2. The molecule has 3 rings (SSSR count). The number of benzene rings is 1. The second-order valence-corrected chi connectivity index (χ2v) is 6.44. The van der Waals surface area contributed by atoms with E-state index in [4.69, 9.17) is 0 Å². The summed E-state index contributed by atoms with van der Waals surface area (Å²) in [4.78, 5) is 20.5. The van der Waals surface area contributed by atoms with Gasteiger partial charge in [-0.05, 0) is 43.2 Å². The first-order valence-corrected chi connectivity index (χ1v) is 7.46. The Balaban J connectivity index is 1.84. The summed E-state index contributed by atoms with van der Waals surface area (Å²) in [6.07, 6.45) is 3.39. The summed E-state index contributed by atoms with van der Waals surface area (Å²) in [5, 5.41) is 3.87. The van der Waals surface area contributed by atoms with Crippen LogP contribution in [0.5, 0.6) is 0 Å². The van der Waals surface area contributed by atoms with Gasteiger partial charge in [-0.3, -0.25) is 9.78 Å². The van der Waals surface area contributed by atoms with Gasteiger partial charge in [0.1, 0.15) is 4.75 Å². The van der Waals surface area contributed by atoms with Crippen LogP contribution in [0.1, 0.15) is 18.1 Å². The Bertz CT molecular complexity index is 714. The molecule has 2 aromatic rings. The van der Waals surface area contributed by atoms with Gasteiger partial charge in [0.05, 0.1) is 0 Å². The van der Waals surface area contributed by atoms with Gasteiger partial charge in [-0.15, -0.1) is 0 Å². The molecule has 1 aliphatic rings. The fourth-order valence-corrected chi connectivity index (χ4v) is 3.26. The molecule has 1 amide bonds. The minimum atomic E-state index is -0.687. The molecule has 1 N–H and O–H groups in total. The van der Waals surface area contributed by atoms with Crippen LogP contribution < -0.4 is 5.32 Å². The van der Waals surface area contributed by atoms with E-state index < -0.39 is 4.75 Å². The Morgan fingerprint density at radius 2 is 1.86 bits per heavy atom. The summed E-state index contributed by atoms with van der Waals surface area (Å²) < 4.78 is -0.687. The number of carbonyl (C=O) groups excluding carboxylic acids is 1. The first-order valence-electron chi connectivity index (χ1n) is 6.65. The number of aliphatic imine (C=N–C) groups is 1. The average Bonchev–Trinajstić information content (AvgIpc) is 2.78. The van der Waals surface area contributed by atoms with E-state index >= 15 is 0 Å². The normalized spacial score (nSPS) is 21.2. The van der Waals surface area contributed by atoms with Gasteiger partial charge >= 0.3 is 0 Å². The van der Waals surface area contributed by atoms with Crippen molar-refractivity contribution in [2.45, 2.75) is 18.6 Å². The Morgan fingerprint density at radius 1 is 1.14 bits per heavy atom. The van der Waals surface area contributed by atoms with E-state index in [1.807, 2.05) is 50.2 Å². The first kappa shape index (κ1) is 13.8. The molecule has 5 heteroatoms. The summed E-state index contributed by atoms with van der Waals surface area (Å²) in [6.45, 7) is 3.91. The minimum Gasteiger partial charge on any atom is -0.334 e. The Kier molecular flexibility index (Phi) is 3.51. The highest BCUT2D eigenvalue weighted by Gasteiger charge is 2.42. The lowest BCUT2D eigenvalue weighted by Crippen LogP contribution is -2.24. The lowest BCUT2D eigenvalue weighted by molar-refractivity contribution is -0.119. The van der Waals surface area contributed by atoms with Crippen LogP contribution in [0, 0.1) is 6.92 Å². The quantitative estimate of drug-likeness (QED) is 0.923. The number of thioether (sulfide) groups is 1. The molecule has 0 aliphatic carbocycles. The first-order chi connectivity index (χ1) is 10.1. The van der Waals surface area contributed by atoms with Crippen molar-refractivity contribution < 1.29 is 4.79 Å². The molecule has 0 spiro atoms. The predicted molar refractivity (Wildman–Crippen MR) is 86.4 cm³/mol. The van der Waals surface area contributed by atoms with Crippen molar-refractivity contribution in [1.82, 2.24) is 4.98 Å². The van der Waals surface area contributed by atoms with Gasteiger partial charge < -0.3 is 5.32 Å². The molecular weight excluding hydrogens is 282 g/mol. The number of pyridine rings is 1. The van der Waals surface area contributed by atoms with Crippen molar-refractivity contribution in [3.63, 3.8) is 0 Å². The minimum absolute atomic E-state index is 0.144. The highest BCUT2D eigenvalue weighted by Crippen LogP contribution is 2.42. The largest absolute Gasteiger partial charge is 0.334 e. The van der Waals surface area contributed by atoms with E-state index in [1.165, 1.54) is 11.8 Å². The third-order valence-electron chi connectivity index (χ3n) is 3.53. The molecule has 0 saturated heterocycles. The number of aryl methyl sites for hydroxylation is 1. The van der Waals surface area contributed by atoms with Crippen molar-refractivity contribution in [3.05, 3.63) is 59.9 Å². The van der Waals surface area contributed by atoms with Gasteiger partial charge in [0.15, 0.2) is 5.17 Å². The highest BCUT2D eigenvalue weighted by atomic mass is 32.2. The SMILES string of the molecule is Cc1ccccc1NC1=NC(=O)C(C)(c2ccncc2)S1. The van der Waals surface area contributed by atoms with E-state index in [2.05, 4.69) is 15.3 Å². The summed E-state index contributed by atoms with van der Waals surface area (Å²) in [6, 6.07) is 11.7. The number of amides is 1. The standard InChI is InChI=1S/C16H15N3OS/c1-11-5-3-4-6-13(11)18-15-19-14(20)16(2,21-15)12-7-9-17-10-8-12/h3-10H,1-2H3,(H,18,19,20). The van der Waals surface area contributed by atoms with Crippen LogP contribution in [0.2, 0.25) is 0 Å². The average molecular weight is 297 g/mol. The molecule has 0 radical (unpaired) electrons. The maximum Gasteiger partial charge on any atom is 0.269 e. The molecule has 106 valence electrons. The van der Waals surface area contributed by atoms with Crippen LogP contribution in [0.15, 0.2) is 53.8 Å². The van der Waals surface area contributed by atoms with Gasteiger partial charge in [0.25, 0.3) is 5.91 Å². The Morgan fingerprint density at radius 3 is 2.57 bits per heavy atom. The van der Waals surface area contributed by atoms with Gasteiger partial charge in [0, 0.05) is 18.1 Å².